The van der Waals surface area contributed by atoms with Crippen LogP contribution in [0, 0.1) is 0 Å². The number of rotatable bonds is 9. The van der Waals surface area contributed by atoms with E-state index >= 15 is 0 Å². The fourth-order valence-electron chi connectivity index (χ4n) is 3.82. The Balaban J connectivity index is 1.52. The summed E-state index contributed by atoms with van der Waals surface area (Å²) in [5, 5.41) is 14.3. The Morgan fingerprint density at radius 1 is 0.909 bits per heavy atom. The molecule has 5 heteroatoms. The van der Waals surface area contributed by atoms with Gasteiger partial charge in [-0.05, 0) is 41.7 Å². The predicted molar refractivity (Wildman–Crippen MR) is 130 cm³/mol. The molecule has 1 heterocycles. The van der Waals surface area contributed by atoms with E-state index in [1.165, 1.54) is 5.56 Å². The predicted octanol–water partition coefficient (Wildman–Crippen LogP) is 5.60. The summed E-state index contributed by atoms with van der Waals surface area (Å²) in [7, 11) is 0. The van der Waals surface area contributed by atoms with Crippen LogP contribution in [0.1, 0.15) is 40.1 Å². The molecule has 33 heavy (non-hydrogen) atoms. The van der Waals surface area contributed by atoms with Crippen molar-refractivity contribution in [3.63, 3.8) is 0 Å². The lowest BCUT2D eigenvalue weighted by Gasteiger charge is -2.09. The molecule has 1 aromatic heterocycles. The molecule has 4 aromatic rings. The Hall–Kier alpha value is -3.99. The van der Waals surface area contributed by atoms with Gasteiger partial charge in [-0.1, -0.05) is 84.9 Å². The number of carboxylic acids is 1. The molecule has 3 aromatic carbocycles. The SMILES string of the molecule is CC=CCc1nc(CCc2ccccc2)nn1Cc1ccc(-c2ccccc2C(=O)O)cc1. The Morgan fingerprint density at radius 3 is 2.36 bits per heavy atom. The van der Waals surface area contributed by atoms with E-state index in [0.717, 1.165) is 42.0 Å². The smallest absolute Gasteiger partial charge is 0.336 e. The Kier molecular flexibility index (Phi) is 7.10. The van der Waals surface area contributed by atoms with Crippen LogP contribution in [-0.4, -0.2) is 25.8 Å². The van der Waals surface area contributed by atoms with Crippen LogP contribution in [0.5, 0.6) is 0 Å². The number of carbonyl (C=O) groups is 1. The van der Waals surface area contributed by atoms with Gasteiger partial charge in [-0.15, -0.1) is 0 Å². The molecule has 1 N–H and O–H groups in total. The van der Waals surface area contributed by atoms with Crippen LogP contribution in [0.2, 0.25) is 0 Å². The average Bonchev–Trinajstić information content (AvgIpc) is 3.24. The van der Waals surface area contributed by atoms with Gasteiger partial charge in [-0.3, -0.25) is 0 Å². The second kappa shape index (κ2) is 10.6. The van der Waals surface area contributed by atoms with E-state index in [9.17, 15) is 9.90 Å². The highest BCUT2D eigenvalue weighted by Gasteiger charge is 2.12. The minimum Gasteiger partial charge on any atom is -0.478 e. The van der Waals surface area contributed by atoms with Crippen LogP contribution in [0.3, 0.4) is 0 Å². The van der Waals surface area contributed by atoms with Crippen molar-refractivity contribution in [1.82, 2.24) is 14.8 Å². The van der Waals surface area contributed by atoms with Gasteiger partial charge in [0.05, 0.1) is 12.1 Å². The fraction of sp³-hybridized carbons (Fsp3) is 0.179. The van der Waals surface area contributed by atoms with Crippen LogP contribution >= 0.6 is 0 Å². The number of aryl methyl sites for hydroxylation is 2. The van der Waals surface area contributed by atoms with Crippen LogP contribution in [0.4, 0.5) is 0 Å². The second-order valence-corrected chi connectivity index (χ2v) is 7.91. The molecule has 4 rings (SSSR count). The molecule has 0 atom stereocenters. The molecule has 0 amide bonds. The number of carboxylic acid groups (broad SMARTS) is 1. The van der Waals surface area contributed by atoms with Gasteiger partial charge in [0.1, 0.15) is 5.82 Å². The van der Waals surface area contributed by atoms with E-state index in [2.05, 4.69) is 30.3 Å². The van der Waals surface area contributed by atoms with Gasteiger partial charge in [-0.25, -0.2) is 14.5 Å². The molecule has 0 saturated heterocycles. The lowest BCUT2D eigenvalue weighted by Crippen LogP contribution is -2.07. The van der Waals surface area contributed by atoms with Crippen molar-refractivity contribution >= 4 is 5.97 Å². The molecular weight excluding hydrogens is 410 g/mol. The monoisotopic (exact) mass is 437 g/mol. The highest BCUT2D eigenvalue weighted by atomic mass is 16.4. The van der Waals surface area contributed by atoms with Gasteiger partial charge in [-0.2, -0.15) is 5.10 Å². The molecule has 0 bridgehead atoms. The zero-order chi connectivity index (χ0) is 23.0. The first-order valence-electron chi connectivity index (χ1n) is 11.1. The summed E-state index contributed by atoms with van der Waals surface area (Å²) in [5.41, 5.74) is 4.27. The van der Waals surface area contributed by atoms with Gasteiger partial charge in [0.15, 0.2) is 5.82 Å². The topological polar surface area (TPSA) is 68.0 Å². The quantitative estimate of drug-likeness (QED) is 0.346. The molecule has 0 spiro atoms. The number of allylic oxidation sites excluding steroid dienone is 2. The number of hydrogen-bond acceptors (Lipinski definition) is 3. The molecule has 0 unspecified atom stereocenters. The summed E-state index contributed by atoms with van der Waals surface area (Å²) in [5.74, 6) is 0.871. The highest BCUT2D eigenvalue weighted by Crippen LogP contribution is 2.24. The Bertz CT molecular complexity index is 1240. The molecule has 166 valence electrons. The van der Waals surface area contributed by atoms with Crippen molar-refractivity contribution in [1.29, 1.82) is 0 Å². The zero-order valence-electron chi connectivity index (χ0n) is 18.7. The van der Waals surface area contributed by atoms with Crippen LogP contribution in [0.25, 0.3) is 11.1 Å². The van der Waals surface area contributed by atoms with Crippen molar-refractivity contribution in [2.45, 2.75) is 32.7 Å². The molecule has 0 aliphatic rings. The van der Waals surface area contributed by atoms with Crippen molar-refractivity contribution < 1.29 is 9.90 Å². The number of benzene rings is 3. The number of aromatic carboxylic acids is 1. The number of aromatic nitrogens is 3. The average molecular weight is 438 g/mol. The lowest BCUT2D eigenvalue weighted by molar-refractivity contribution is 0.0697. The molecule has 0 aliphatic heterocycles. The van der Waals surface area contributed by atoms with E-state index in [4.69, 9.17) is 10.1 Å². The van der Waals surface area contributed by atoms with Crippen LogP contribution < -0.4 is 0 Å². The number of hydrogen-bond donors (Lipinski definition) is 1. The summed E-state index contributed by atoms with van der Waals surface area (Å²) < 4.78 is 1.97. The van der Waals surface area contributed by atoms with Crippen LogP contribution in [0.15, 0.2) is 91.0 Å². The molecule has 0 fully saturated rings. The minimum atomic E-state index is -0.922. The molecule has 0 aliphatic carbocycles. The molecule has 0 saturated carbocycles. The largest absolute Gasteiger partial charge is 0.478 e. The van der Waals surface area contributed by atoms with E-state index in [1.54, 1.807) is 12.1 Å². The summed E-state index contributed by atoms with van der Waals surface area (Å²) in [6, 6.07) is 25.4. The summed E-state index contributed by atoms with van der Waals surface area (Å²) >= 11 is 0. The first kappa shape index (κ1) is 22.2. The maximum absolute atomic E-state index is 11.5. The van der Waals surface area contributed by atoms with Crippen LogP contribution in [-0.2, 0) is 25.8 Å². The van der Waals surface area contributed by atoms with Gasteiger partial charge in [0.25, 0.3) is 0 Å². The highest BCUT2D eigenvalue weighted by molar-refractivity contribution is 5.95. The van der Waals surface area contributed by atoms with Gasteiger partial charge in [0, 0.05) is 12.8 Å². The minimum absolute atomic E-state index is 0.304. The second-order valence-electron chi connectivity index (χ2n) is 7.91. The molecule has 0 radical (unpaired) electrons. The lowest BCUT2D eigenvalue weighted by atomic mass is 9.99. The Labute approximate surface area is 194 Å². The standard InChI is InChI=1S/C28H27N3O2/c1-2-3-13-27-29-26(19-16-21-9-5-4-6-10-21)30-31(27)20-22-14-17-23(18-15-22)24-11-7-8-12-25(24)28(32)33/h2-12,14-15,17-18H,13,16,19-20H2,1H3,(H,32,33). The summed E-state index contributed by atoms with van der Waals surface area (Å²) in [6.45, 7) is 2.62. The van der Waals surface area contributed by atoms with E-state index in [0.29, 0.717) is 17.7 Å². The third-order valence-electron chi connectivity index (χ3n) is 5.56. The first-order chi connectivity index (χ1) is 16.1. The zero-order valence-corrected chi connectivity index (χ0v) is 18.7. The normalized spacial score (nSPS) is 11.2. The number of nitrogens with zero attached hydrogens (tertiary/aromatic N) is 3. The van der Waals surface area contributed by atoms with Crippen molar-refractivity contribution in [3.8, 4) is 11.1 Å². The van der Waals surface area contributed by atoms with Crippen molar-refractivity contribution in [3.05, 3.63) is 119 Å². The van der Waals surface area contributed by atoms with Crippen molar-refractivity contribution in [2.75, 3.05) is 0 Å². The van der Waals surface area contributed by atoms with E-state index in [-0.39, 0.29) is 0 Å². The third-order valence-corrected chi connectivity index (χ3v) is 5.56. The maximum Gasteiger partial charge on any atom is 0.336 e. The fourth-order valence-corrected chi connectivity index (χ4v) is 3.82. The maximum atomic E-state index is 11.5. The summed E-state index contributed by atoms with van der Waals surface area (Å²) in [6.07, 6.45) is 6.56. The van der Waals surface area contributed by atoms with E-state index in [1.807, 2.05) is 60.1 Å². The third kappa shape index (κ3) is 5.63. The van der Waals surface area contributed by atoms with Gasteiger partial charge < -0.3 is 5.11 Å². The summed E-state index contributed by atoms with van der Waals surface area (Å²) in [4.78, 5) is 16.3. The van der Waals surface area contributed by atoms with Gasteiger partial charge >= 0.3 is 5.97 Å². The molecular formula is C28H27N3O2. The van der Waals surface area contributed by atoms with Gasteiger partial charge in [0.2, 0.25) is 0 Å². The Morgan fingerprint density at radius 2 is 1.64 bits per heavy atom. The molecule has 5 nitrogen and oxygen atoms in total. The van der Waals surface area contributed by atoms with Crippen molar-refractivity contribution in [2.24, 2.45) is 0 Å². The van der Waals surface area contributed by atoms with E-state index < -0.39 is 5.97 Å². The first-order valence-corrected chi connectivity index (χ1v) is 11.1.